The van der Waals surface area contributed by atoms with Crippen molar-refractivity contribution < 1.29 is 0 Å². The van der Waals surface area contributed by atoms with E-state index in [2.05, 4.69) is 255 Å². The van der Waals surface area contributed by atoms with Crippen LogP contribution in [0.2, 0.25) is 0 Å². The van der Waals surface area contributed by atoms with E-state index in [0.29, 0.717) is 0 Å². The van der Waals surface area contributed by atoms with Crippen LogP contribution in [0.3, 0.4) is 0 Å². The minimum atomic E-state index is 1.18. The molecule has 0 nitrogen and oxygen atoms in total. The molecule has 60 heavy (non-hydrogen) atoms. The summed E-state index contributed by atoms with van der Waals surface area (Å²) < 4.78 is 0. The maximum absolute atomic E-state index is 2.35. The van der Waals surface area contributed by atoms with Crippen molar-refractivity contribution in [2.45, 2.75) is 0 Å². The molecule has 282 valence electrons. The average molecular weight is 763 g/mol. The van der Waals surface area contributed by atoms with Gasteiger partial charge < -0.3 is 0 Å². The SMILES string of the molecule is c1ccc(-c2ccc(-c3cccc(-c4cc(-c5cccc(-c6ccc(-c7ccccc7)cc6)c5)cc(-c5cccc(-c6cccc(-c7ccccc7)c6)c5)c4)c3)cc2)cc1. The second kappa shape index (κ2) is 16.6. The molecule has 0 unspecified atom stereocenters. The Morgan fingerprint density at radius 1 is 0.100 bits per heavy atom. The van der Waals surface area contributed by atoms with E-state index in [-0.39, 0.29) is 0 Å². The lowest BCUT2D eigenvalue weighted by Crippen LogP contribution is -1.89. The number of rotatable bonds is 9. The van der Waals surface area contributed by atoms with E-state index < -0.39 is 0 Å². The largest absolute Gasteiger partial charge is 0.0622 e. The fourth-order valence-corrected chi connectivity index (χ4v) is 8.24. The van der Waals surface area contributed by atoms with Gasteiger partial charge in [0.2, 0.25) is 0 Å². The summed E-state index contributed by atoms with van der Waals surface area (Å²) in [4.78, 5) is 0. The molecule has 0 saturated carbocycles. The van der Waals surface area contributed by atoms with Gasteiger partial charge in [0.15, 0.2) is 0 Å². The Bertz CT molecular complexity index is 2890. The number of hydrogen-bond acceptors (Lipinski definition) is 0. The molecule has 0 aliphatic rings. The molecule has 0 heteroatoms. The second-order valence-corrected chi connectivity index (χ2v) is 15.4. The van der Waals surface area contributed by atoms with Gasteiger partial charge in [0.1, 0.15) is 0 Å². The van der Waals surface area contributed by atoms with E-state index in [9.17, 15) is 0 Å². The Balaban J connectivity index is 1.05. The van der Waals surface area contributed by atoms with Crippen LogP contribution < -0.4 is 0 Å². The van der Waals surface area contributed by atoms with Gasteiger partial charge in [-0.3, -0.25) is 0 Å². The van der Waals surface area contributed by atoms with Gasteiger partial charge in [0, 0.05) is 0 Å². The standard InChI is InChI=1S/C60H42/c1-4-14-43(15-5-1)46-28-32-48(33-29-46)51-21-11-25-55(37-51)58-40-59(56-26-12-22-52(38-56)49-34-30-47(31-35-49)44-16-6-2-7-17-44)42-60(41-58)57-27-13-24-54(39-57)53-23-10-20-50(36-53)45-18-8-3-9-19-45/h1-42H. The van der Waals surface area contributed by atoms with Crippen LogP contribution in [0.5, 0.6) is 0 Å². The Hall–Kier alpha value is -7.80. The Morgan fingerprint density at radius 3 is 0.517 bits per heavy atom. The minimum absolute atomic E-state index is 1.18. The van der Waals surface area contributed by atoms with Crippen LogP contribution in [0.15, 0.2) is 255 Å². The first-order valence-electron chi connectivity index (χ1n) is 20.6. The Labute approximate surface area is 353 Å². The first kappa shape index (κ1) is 36.5. The molecule has 0 fully saturated rings. The van der Waals surface area contributed by atoms with Crippen molar-refractivity contribution in [3.8, 4) is 100 Å². The van der Waals surface area contributed by atoms with Crippen molar-refractivity contribution in [1.29, 1.82) is 0 Å². The van der Waals surface area contributed by atoms with Crippen molar-refractivity contribution in [2.75, 3.05) is 0 Å². The van der Waals surface area contributed by atoms with Gasteiger partial charge in [-0.2, -0.15) is 0 Å². The third kappa shape index (κ3) is 7.88. The summed E-state index contributed by atoms with van der Waals surface area (Å²) in [6, 6.07) is 92.4. The van der Waals surface area contributed by atoms with Crippen LogP contribution in [-0.2, 0) is 0 Å². The summed E-state index contributed by atoms with van der Waals surface area (Å²) in [5.41, 5.74) is 21.6. The normalized spacial score (nSPS) is 11.0. The number of hydrogen-bond donors (Lipinski definition) is 0. The maximum Gasteiger partial charge on any atom is -0.0171 e. The van der Waals surface area contributed by atoms with E-state index in [0.717, 1.165) is 0 Å². The highest BCUT2D eigenvalue weighted by Crippen LogP contribution is 2.38. The molecule has 0 N–H and O–H groups in total. The molecule has 10 rings (SSSR count). The zero-order chi connectivity index (χ0) is 40.1. The third-order valence-corrected chi connectivity index (χ3v) is 11.5. The summed E-state index contributed by atoms with van der Waals surface area (Å²) in [5.74, 6) is 0. The predicted octanol–water partition coefficient (Wildman–Crippen LogP) is 16.7. The van der Waals surface area contributed by atoms with Crippen molar-refractivity contribution in [1.82, 2.24) is 0 Å². The lowest BCUT2D eigenvalue weighted by molar-refractivity contribution is 1.54. The van der Waals surface area contributed by atoms with E-state index in [4.69, 9.17) is 0 Å². The van der Waals surface area contributed by atoms with Gasteiger partial charge in [-0.1, -0.05) is 212 Å². The lowest BCUT2D eigenvalue weighted by atomic mass is 9.90. The zero-order valence-electron chi connectivity index (χ0n) is 33.2. The third-order valence-electron chi connectivity index (χ3n) is 11.5. The molecule has 0 amide bonds. The van der Waals surface area contributed by atoms with Gasteiger partial charge in [-0.05, 0) is 143 Å². The van der Waals surface area contributed by atoms with Crippen LogP contribution in [0.1, 0.15) is 0 Å². The van der Waals surface area contributed by atoms with E-state index in [1.54, 1.807) is 0 Å². The highest BCUT2D eigenvalue weighted by Gasteiger charge is 2.12. The molecule has 10 aromatic carbocycles. The second-order valence-electron chi connectivity index (χ2n) is 15.4. The molecule has 0 spiro atoms. The van der Waals surface area contributed by atoms with Gasteiger partial charge in [-0.15, -0.1) is 0 Å². The quantitative estimate of drug-likeness (QED) is 0.137. The molecule has 0 heterocycles. The Morgan fingerprint density at radius 2 is 0.250 bits per heavy atom. The van der Waals surface area contributed by atoms with Crippen LogP contribution in [0.25, 0.3) is 100 Å². The number of benzene rings is 10. The molecular weight excluding hydrogens is 721 g/mol. The molecule has 0 saturated heterocycles. The van der Waals surface area contributed by atoms with Gasteiger partial charge in [0.25, 0.3) is 0 Å². The molecule has 0 aliphatic carbocycles. The highest BCUT2D eigenvalue weighted by atomic mass is 14.2. The summed E-state index contributed by atoms with van der Waals surface area (Å²) in [7, 11) is 0. The van der Waals surface area contributed by atoms with Crippen LogP contribution in [0, 0.1) is 0 Å². The lowest BCUT2D eigenvalue weighted by Gasteiger charge is -2.14. The predicted molar refractivity (Wildman–Crippen MR) is 255 cm³/mol. The summed E-state index contributed by atoms with van der Waals surface area (Å²) in [5, 5.41) is 0. The molecule has 0 radical (unpaired) electrons. The monoisotopic (exact) mass is 762 g/mol. The van der Waals surface area contributed by atoms with Crippen molar-refractivity contribution in [3.63, 3.8) is 0 Å². The van der Waals surface area contributed by atoms with Crippen LogP contribution >= 0.6 is 0 Å². The topological polar surface area (TPSA) is 0 Å². The zero-order valence-corrected chi connectivity index (χ0v) is 33.2. The van der Waals surface area contributed by atoms with Gasteiger partial charge in [-0.25, -0.2) is 0 Å². The summed E-state index contributed by atoms with van der Waals surface area (Å²) >= 11 is 0. The average Bonchev–Trinajstić information content (AvgIpc) is 3.35. The fourth-order valence-electron chi connectivity index (χ4n) is 8.24. The van der Waals surface area contributed by atoms with E-state index in [1.807, 2.05) is 0 Å². The molecule has 0 aromatic heterocycles. The molecular formula is C60H42. The fraction of sp³-hybridized carbons (Fsp3) is 0. The smallest absolute Gasteiger partial charge is 0.0171 e. The van der Waals surface area contributed by atoms with E-state index in [1.165, 1.54) is 100 Å². The van der Waals surface area contributed by atoms with Gasteiger partial charge in [0.05, 0.1) is 0 Å². The Kier molecular flexibility index (Phi) is 10.1. The van der Waals surface area contributed by atoms with E-state index >= 15 is 0 Å². The molecule has 0 aliphatic heterocycles. The van der Waals surface area contributed by atoms with Gasteiger partial charge >= 0.3 is 0 Å². The molecule has 0 bridgehead atoms. The van der Waals surface area contributed by atoms with Crippen molar-refractivity contribution in [3.05, 3.63) is 255 Å². The molecule has 10 aromatic rings. The summed E-state index contributed by atoms with van der Waals surface area (Å²) in [6.45, 7) is 0. The minimum Gasteiger partial charge on any atom is -0.0622 e. The first-order valence-corrected chi connectivity index (χ1v) is 20.6. The van der Waals surface area contributed by atoms with Crippen molar-refractivity contribution in [2.24, 2.45) is 0 Å². The molecule has 0 atom stereocenters. The first-order chi connectivity index (χ1) is 29.7. The van der Waals surface area contributed by atoms with Crippen molar-refractivity contribution >= 4 is 0 Å². The summed E-state index contributed by atoms with van der Waals surface area (Å²) in [6.07, 6.45) is 0. The van der Waals surface area contributed by atoms with Crippen LogP contribution in [-0.4, -0.2) is 0 Å². The highest BCUT2D eigenvalue weighted by molar-refractivity contribution is 5.86. The van der Waals surface area contributed by atoms with Crippen LogP contribution in [0.4, 0.5) is 0 Å². The maximum atomic E-state index is 2.35.